The highest BCUT2D eigenvalue weighted by Crippen LogP contribution is 2.65. The summed E-state index contributed by atoms with van der Waals surface area (Å²) in [5.41, 5.74) is -0.256. The highest BCUT2D eigenvalue weighted by Gasteiger charge is 2.67. The topological polar surface area (TPSA) is 59.8 Å². The average molecular weight is 344 g/mol. The maximum atomic E-state index is 13.1. The van der Waals surface area contributed by atoms with Gasteiger partial charge in [-0.2, -0.15) is 0 Å². The van der Waals surface area contributed by atoms with Crippen LogP contribution in [0.15, 0.2) is 30.2 Å². The Hall–Kier alpha value is -1.69. The molecule has 2 aliphatic carbocycles. The summed E-state index contributed by atoms with van der Waals surface area (Å²) in [6, 6.07) is 4.92. The molecule has 5 nitrogen and oxygen atoms in total. The molecule has 0 saturated heterocycles. The molecular formula is C18H24N4OS. The molecule has 2 fully saturated rings. The largest absolute Gasteiger partial charge is 0.353 e. The van der Waals surface area contributed by atoms with Crippen LogP contribution in [0.4, 0.5) is 0 Å². The predicted molar refractivity (Wildman–Crippen MR) is 93.9 cm³/mol. The maximum absolute atomic E-state index is 13.1. The van der Waals surface area contributed by atoms with E-state index in [9.17, 15) is 4.79 Å². The van der Waals surface area contributed by atoms with Crippen LogP contribution in [0.1, 0.15) is 56.9 Å². The third kappa shape index (κ3) is 2.48. The van der Waals surface area contributed by atoms with Crippen molar-refractivity contribution in [2.45, 2.75) is 63.5 Å². The first-order chi connectivity index (χ1) is 11.5. The Morgan fingerprint density at radius 1 is 1.25 bits per heavy atom. The third-order valence-electron chi connectivity index (χ3n) is 5.96. The van der Waals surface area contributed by atoms with Crippen LogP contribution in [0.2, 0.25) is 0 Å². The molecule has 1 amide bonds. The van der Waals surface area contributed by atoms with Crippen molar-refractivity contribution in [1.82, 2.24) is 20.1 Å². The second-order valence-corrected chi connectivity index (χ2v) is 8.78. The highest BCUT2D eigenvalue weighted by atomic mass is 32.1. The Bertz CT molecular complexity index is 701. The molecule has 0 aliphatic heterocycles. The summed E-state index contributed by atoms with van der Waals surface area (Å²) < 4.78 is 2.09. The summed E-state index contributed by atoms with van der Waals surface area (Å²) in [6.07, 6.45) is 8.72. The lowest BCUT2D eigenvalue weighted by atomic mass is 9.88. The van der Waals surface area contributed by atoms with E-state index in [0.29, 0.717) is 12.1 Å². The lowest BCUT2D eigenvalue weighted by Gasteiger charge is -2.31. The van der Waals surface area contributed by atoms with E-state index >= 15 is 0 Å². The monoisotopic (exact) mass is 344 g/mol. The van der Waals surface area contributed by atoms with Crippen molar-refractivity contribution in [3.63, 3.8) is 0 Å². The Balaban J connectivity index is 1.40. The molecule has 2 aliphatic rings. The Labute approximate surface area is 146 Å². The van der Waals surface area contributed by atoms with E-state index in [1.54, 1.807) is 24.0 Å². The number of carbonyl (C=O) groups excluding carboxylic acids is 1. The van der Waals surface area contributed by atoms with Crippen LogP contribution in [0.25, 0.3) is 0 Å². The summed E-state index contributed by atoms with van der Waals surface area (Å²) in [6.45, 7) is 4.41. The summed E-state index contributed by atoms with van der Waals surface area (Å²) in [7, 11) is 0. The van der Waals surface area contributed by atoms with Crippen molar-refractivity contribution in [3.8, 4) is 0 Å². The fourth-order valence-electron chi connectivity index (χ4n) is 4.28. The molecule has 0 unspecified atom stereocenters. The molecule has 0 spiro atoms. The first kappa shape index (κ1) is 15.8. The number of rotatable bonds is 4. The normalized spacial score (nSPS) is 31.6. The summed E-state index contributed by atoms with van der Waals surface area (Å²) in [5.74, 6) is 0.225. The summed E-state index contributed by atoms with van der Waals surface area (Å²) in [5, 5.41) is 13.2. The average Bonchev–Trinajstić information content (AvgIpc) is 3.08. The minimum absolute atomic E-state index is 0.0572. The van der Waals surface area contributed by atoms with Crippen LogP contribution in [0, 0.1) is 5.41 Å². The van der Waals surface area contributed by atoms with Gasteiger partial charge in [0.2, 0.25) is 5.91 Å². The number of hydrogen-bond donors (Lipinski definition) is 1. The Morgan fingerprint density at radius 2 is 1.92 bits per heavy atom. The van der Waals surface area contributed by atoms with E-state index < -0.39 is 0 Å². The van der Waals surface area contributed by atoms with Gasteiger partial charge in [-0.25, -0.2) is 0 Å². The van der Waals surface area contributed by atoms with Gasteiger partial charge in [0.25, 0.3) is 0 Å². The van der Waals surface area contributed by atoms with Gasteiger partial charge in [0, 0.05) is 17.0 Å². The molecule has 1 atom stereocenters. The van der Waals surface area contributed by atoms with Gasteiger partial charge in [0.05, 0.1) is 5.41 Å². The highest BCUT2D eigenvalue weighted by molar-refractivity contribution is 7.10. The quantitative estimate of drug-likeness (QED) is 0.926. The standard InChI is InChI=1S/C18H24N4OS/c1-17(2)10-18(17,15-4-3-9-24-15)16(23)21-13-5-7-14(8-6-13)22-11-19-20-12-22/h3-4,9,11-14H,5-8,10H2,1-2H3,(H,21,23)/t13?,14?,18-/m1/s1. The molecular weight excluding hydrogens is 320 g/mol. The Kier molecular flexibility index (Phi) is 3.75. The molecule has 2 saturated carbocycles. The molecule has 128 valence electrons. The third-order valence-corrected chi connectivity index (χ3v) is 6.99. The van der Waals surface area contributed by atoms with Gasteiger partial charge in [0.1, 0.15) is 12.7 Å². The van der Waals surface area contributed by atoms with Crippen molar-refractivity contribution in [3.05, 3.63) is 35.0 Å². The molecule has 2 aromatic heterocycles. The van der Waals surface area contributed by atoms with Crippen LogP contribution in [0.3, 0.4) is 0 Å². The van der Waals surface area contributed by atoms with Crippen LogP contribution in [-0.2, 0) is 10.2 Å². The Morgan fingerprint density at radius 3 is 2.46 bits per heavy atom. The van der Waals surface area contributed by atoms with E-state index in [1.807, 2.05) is 6.07 Å². The summed E-state index contributed by atoms with van der Waals surface area (Å²) >= 11 is 1.71. The maximum Gasteiger partial charge on any atom is 0.232 e. The van der Waals surface area contributed by atoms with Crippen LogP contribution < -0.4 is 5.32 Å². The predicted octanol–water partition coefficient (Wildman–Crippen LogP) is 3.31. The number of thiophene rings is 1. The van der Waals surface area contributed by atoms with E-state index in [1.165, 1.54) is 4.88 Å². The van der Waals surface area contributed by atoms with Crippen LogP contribution in [-0.4, -0.2) is 26.7 Å². The number of aromatic nitrogens is 3. The minimum atomic E-state index is -0.313. The van der Waals surface area contributed by atoms with Gasteiger partial charge < -0.3 is 9.88 Å². The van der Waals surface area contributed by atoms with E-state index in [4.69, 9.17) is 0 Å². The minimum Gasteiger partial charge on any atom is -0.353 e. The van der Waals surface area contributed by atoms with Gasteiger partial charge in [0.15, 0.2) is 0 Å². The lowest BCUT2D eigenvalue weighted by Crippen LogP contribution is -2.44. The molecule has 24 heavy (non-hydrogen) atoms. The second-order valence-electron chi connectivity index (χ2n) is 7.83. The van der Waals surface area contributed by atoms with Crippen molar-refractivity contribution >= 4 is 17.2 Å². The zero-order valence-electron chi connectivity index (χ0n) is 14.2. The van der Waals surface area contributed by atoms with Crippen molar-refractivity contribution in [2.24, 2.45) is 5.41 Å². The molecule has 0 bridgehead atoms. The number of carbonyl (C=O) groups is 1. The van der Waals surface area contributed by atoms with Crippen molar-refractivity contribution < 1.29 is 4.79 Å². The zero-order chi connectivity index (χ0) is 16.8. The van der Waals surface area contributed by atoms with Gasteiger partial charge in [-0.15, -0.1) is 21.5 Å². The number of nitrogens with zero attached hydrogens (tertiary/aromatic N) is 3. The lowest BCUT2D eigenvalue weighted by molar-refractivity contribution is -0.125. The molecule has 6 heteroatoms. The van der Waals surface area contributed by atoms with Crippen LogP contribution >= 0.6 is 11.3 Å². The molecule has 0 radical (unpaired) electrons. The van der Waals surface area contributed by atoms with Crippen LogP contribution in [0.5, 0.6) is 0 Å². The fourth-order valence-corrected chi connectivity index (χ4v) is 5.39. The molecule has 1 N–H and O–H groups in total. The van der Waals surface area contributed by atoms with Crippen molar-refractivity contribution in [2.75, 3.05) is 0 Å². The second kappa shape index (κ2) is 5.69. The fraction of sp³-hybridized carbons (Fsp3) is 0.611. The molecule has 4 rings (SSSR count). The number of amides is 1. The van der Waals surface area contributed by atoms with Gasteiger partial charge in [-0.05, 0) is 49.0 Å². The van der Waals surface area contributed by atoms with E-state index in [0.717, 1.165) is 32.1 Å². The van der Waals surface area contributed by atoms with E-state index in [-0.39, 0.29) is 16.7 Å². The smallest absolute Gasteiger partial charge is 0.232 e. The van der Waals surface area contributed by atoms with E-state index in [2.05, 4.69) is 45.4 Å². The molecule has 0 aromatic carbocycles. The molecule has 2 aromatic rings. The SMILES string of the molecule is CC1(C)C[C@]1(C(=O)NC1CCC(n2cnnc2)CC1)c1cccs1. The first-order valence-corrected chi connectivity index (χ1v) is 9.60. The zero-order valence-corrected chi connectivity index (χ0v) is 15.1. The van der Waals surface area contributed by atoms with Gasteiger partial charge in [-0.3, -0.25) is 4.79 Å². The number of nitrogens with one attached hydrogen (secondary N) is 1. The number of hydrogen-bond acceptors (Lipinski definition) is 4. The first-order valence-electron chi connectivity index (χ1n) is 8.72. The molecule has 2 heterocycles. The van der Waals surface area contributed by atoms with Gasteiger partial charge >= 0.3 is 0 Å². The van der Waals surface area contributed by atoms with Crippen molar-refractivity contribution in [1.29, 1.82) is 0 Å². The van der Waals surface area contributed by atoms with Gasteiger partial charge in [-0.1, -0.05) is 19.9 Å². The summed E-state index contributed by atoms with van der Waals surface area (Å²) in [4.78, 5) is 14.3.